The molecule has 138 valence electrons. The first kappa shape index (κ1) is 19.2. The Kier molecular flexibility index (Phi) is 6.55. The number of amides is 4. The molecule has 0 bridgehead atoms. The minimum absolute atomic E-state index is 0.197. The van der Waals surface area contributed by atoms with Gasteiger partial charge in [0.15, 0.2) is 16.7 Å². The van der Waals surface area contributed by atoms with Crippen molar-refractivity contribution < 1.29 is 23.9 Å². The molecule has 4 amide bonds. The van der Waals surface area contributed by atoms with Crippen LogP contribution in [0.4, 0.5) is 4.79 Å². The molecule has 0 saturated carbocycles. The number of nitrogens with two attached hydrogens (primary N) is 1. The number of primary amides is 1. The number of ether oxygens (including phenoxy) is 2. The van der Waals surface area contributed by atoms with Crippen molar-refractivity contribution >= 4 is 41.0 Å². The van der Waals surface area contributed by atoms with Crippen LogP contribution >= 0.6 is 11.8 Å². The van der Waals surface area contributed by atoms with E-state index in [1.165, 1.54) is 20.4 Å². The number of carbonyl (C=O) groups is 3. The molecule has 26 heavy (non-hydrogen) atoms. The zero-order chi connectivity index (χ0) is 19.1. The van der Waals surface area contributed by atoms with E-state index in [2.05, 4.69) is 15.5 Å². The SMILES string of the molecule is COc1ccc(/C=N/N=C2\NC(=O)C(CC(=O)NC(N)=O)S2)cc1OC. The van der Waals surface area contributed by atoms with E-state index in [1.54, 1.807) is 18.2 Å². The van der Waals surface area contributed by atoms with Gasteiger partial charge < -0.3 is 20.5 Å². The van der Waals surface area contributed by atoms with Crippen LogP contribution in [-0.2, 0) is 9.59 Å². The molecule has 10 nitrogen and oxygen atoms in total. The standard InChI is InChI=1S/C15H17N5O5S/c1-24-9-4-3-8(5-10(9)25-2)7-17-20-15-19-13(22)11(26-15)6-12(21)18-14(16)23/h3-5,7,11H,6H2,1-2H3,(H,19,20,22)(H3,16,18,21,23)/b17-7+. The maximum atomic E-state index is 11.8. The molecule has 1 aromatic rings. The Hall–Kier alpha value is -3.08. The van der Waals surface area contributed by atoms with Crippen molar-refractivity contribution in [1.82, 2.24) is 10.6 Å². The van der Waals surface area contributed by atoms with Gasteiger partial charge in [-0.1, -0.05) is 11.8 Å². The largest absolute Gasteiger partial charge is 0.493 e. The van der Waals surface area contributed by atoms with E-state index >= 15 is 0 Å². The molecule has 0 aliphatic carbocycles. The Balaban J connectivity index is 1.98. The van der Waals surface area contributed by atoms with Gasteiger partial charge in [-0.15, -0.1) is 5.10 Å². The van der Waals surface area contributed by atoms with Crippen LogP contribution in [0, 0.1) is 0 Å². The predicted octanol–water partition coefficient (Wildman–Crippen LogP) is 0.210. The molecular formula is C15H17N5O5S. The van der Waals surface area contributed by atoms with Gasteiger partial charge in [-0.2, -0.15) is 5.10 Å². The van der Waals surface area contributed by atoms with Crippen LogP contribution in [0.3, 0.4) is 0 Å². The third kappa shape index (κ3) is 5.21. The number of urea groups is 1. The molecule has 1 heterocycles. The summed E-state index contributed by atoms with van der Waals surface area (Å²) in [4.78, 5) is 33.9. The van der Waals surface area contributed by atoms with Crippen LogP contribution < -0.4 is 25.8 Å². The first-order valence-corrected chi connectivity index (χ1v) is 8.20. The van der Waals surface area contributed by atoms with Crippen molar-refractivity contribution in [3.05, 3.63) is 23.8 Å². The summed E-state index contributed by atoms with van der Waals surface area (Å²) in [5, 5.41) is 11.8. The lowest BCUT2D eigenvalue weighted by atomic mass is 10.2. The maximum absolute atomic E-state index is 11.8. The van der Waals surface area contributed by atoms with Crippen molar-refractivity contribution in [2.75, 3.05) is 14.2 Å². The van der Waals surface area contributed by atoms with Crippen molar-refractivity contribution in [1.29, 1.82) is 0 Å². The monoisotopic (exact) mass is 379 g/mol. The fraction of sp³-hybridized carbons (Fsp3) is 0.267. The Bertz CT molecular complexity index is 780. The van der Waals surface area contributed by atoms with Gasteiger partial charge in [0.1, 0.15) is 5.25 Å². The fourth-order valence-corrected chi connectivity index (χ4v) is 2.95. The van der Waals surface area contributed by atoms with Gasteiger partial charge in [0.2, 0.25) is 11.8 Å². The topological polar surface area (TPSA) is 144 Å². The third-order valence-corrected chi connectivity index (χ3v) is 4.25. The number of thioether (sulfide) groups is 1. The molecule has 0 spiro atoms. The molecule has 0 aromatic heterocycles. The number of carbonyl (C=O) groups excluding carboxylic acids is 3. The smallest absolute Gasteiger partial charge is 0.318 e. The Morgan fingerprint density at radius 1 is 1.35 bits per heavy atom. The summed E-state index contributed by atoms with van der Waals surface area (Å²) in [7, 11) is 3.07. The average Bonchev–Trinajstić information content (AvgIpc) is 2.93. The lowest BCUT2D eigenvalue weighted by molar-refractivity contribution is -0.124. The minimum atomic E-state index is -0.966. The van der Waals surface area contributed by atoms with Crippen LogP contribution in [0.25, 0.3) is 0 Å². The zero-order valence-electron chi connectivity index (χ0n) is 14.0. The fourth-order valence-electron chi connectivity index (χ4n) is 2.02. The lowest BCUT2D eigenvalue weighted by Crippen LogP contribution is -2.37. The van der Waals surface area contributed by atoms with E-state index in [9.17, 15) is 14.4 Å². The number of amidine groups is 1. The summed E-state index contributed by atoms with van der Waals surface area (Å²) in [5.41, 5.74) is 5.57. The number of methoxy groups -OCH3 is 2. The van der Waals surface area contributed by atoms with Gasteiger partial charge >= 0.3 is 6.03 Å². The molecule has 11 heteroatoms. The van der Waals surface area contributed by atoms with Crippen LogP contribution in [0.2, 0.25) is 0 Å². The van der Waals surface area contributed by atoms with Crippen molar-refractivity contribution in [2.45, 2.75) is 11.7 Å². The van der Waals surface area contributed by atoms with E-state index in [0.717, 1.165) is 17.3 Å². The molecule has 1 saturated heterocycles. The predicted molar refractivity (Wildman–Crippen MR) is 96.4 cm³/mol. The summed E-state index contributed by atoms with van der Waals surface area (Å²) >= 11 is 1.04. The van der Waals surface area contributed by atoms with E-state index < -0.39 is 23.1 Å². The van der Waals surface area contributed by atoms with Gasteiger partial charge in [0, 0.05) is 6.42 Å². The first-order valence-electron chi connectivity index (χ1n) is 7.32. The summed E-state index contributed by atoms with van der Waals surface area (Å²) in [6.45, 7) is 0. The van der Waals surface area contributed by atoms with Crippen molar-refractivity contribution in [2.24, 2.45) is 15.9 Å². The highest BCUT2D eigenvalue weighted by Crippen LogP contribution is 2.27. The number of rotatable bonds is 6. The van der Waals surface area contributed by atoms with Gasteiger partial charge in [0.05, 0.1) is 20.4 Å². The second-order valence-corrected chi connectivity index (χ2v) is 6.17. The second kappa shape index (κ2) is 8.85. The molecule has 1 aromatic carbocycles. The van der Waals surface area contributed by atoms with Gasteiger partial charge in [0.25, 0.3) is 0 Å². The summed E-state index contributed by atoms with van der Waals surface area (Å²) in [6, 6.07) is 4.25. The number of benzene rings is 1. The normalized spacial score (nSPS) is 18.0. The molecule has 1 aliphatic heterocycles. The summed E-state index contributed by atoms with van der Waals surface area (Å²) in [5.74, 6) is 0.106. The average molecular weight is 379 g/mol. The zero-order valence-corrected chi connectivity index (χ0v) is 14.8. The van der Waals surface area contributed by atoms with Crippen LogP contribution in [-0.4, -0.2) is 48.7 Å². The van der Waals surface area contributed by atoms with Crippen molar-refractivity contribution in [3.8, 4) is 11.5 Å². The highest BCUT2D eigenvalue weighted by Gasteiger charge is 2.32. The minimum Gasteiger partial charge on any atom is -0.493 e. The van der Waals surface area contributed by atoms with Crippen LogP contribution in [0.15, 0.2) is 28.4 Å². The molecule has 1 unspecified atom stereocenters. The van der Waals surface area contributed by atoms with Crippen LogP contribution in [0.5, 0.6) is 11.5 Å². The second-order valence-electron chi connectivity index (χ2n) is 4.98. The molecule has 2 rings (SSSR count). The number of hydrogen-bond acceptors (Lipinski definition) is 8. The Morgan fingerprint density at radius 3 is 2.73 bits per heavy atom. The van der Waals surface area contributed by atoms with E-state index in [0.29, 0.717) is 11.5 Å². The Morgan fingerprint density at radius 2 is 2.08 bits per heavy atom. The van der Waals surface area contributed by atoms with E-state index in [-0.39, 0.29) is 11.6 Å². The number of imide groups is 1. The summed E-state index contributed by atoms with van der Waals surface area (Å²) in [6.07, 6.45) is 1.28. The number of nitrogens with zero attached hydrogens (tertiary/aromatic N) is 2. The quantitative estimate of drug-likeness (QED) is 0.476. The maximum Gasteiger partial charge on any atom is 0.318 e. The molecular weight excluding hydrogens is 362 g/mol. The summed E-state index contributed by atoms with van der Waals surface area (Å²) < 4.78 is 10.3. The van der Waals surface area contributed by atoms with E-state index in [4.69, 9.17) is 15.2 Å². The third-order valence-electron chi connectivity index (χ3n) is 3.17. The molecule has 4 N–H and O–H groups in total. The highest BCUT2D eigenvalue weighted by molar-refractivity contribution is 8.15. The molecule has 1 aliphatic rings. The van der Waals surface area contributed by atoms with Gasteiger partial charge in [-0.25, -0.2) is 4.79 Å². The van der Waals surface area contributed by atoms with Gasteiger partial charge in [-0.05, 0) is 23.8 Å². The van der Waals surface area contributed by atoms with Crippen molar-refractivity contribution in [3.63, 3.8) is 0 Å². The van der Waals surface area contributed by atoms with Crippen LogP contribution in [0.1, 0.15) is 12.0 Å². The number of hydrogen-bond donors (Lipinski definition) is 3. The molecule has 1 atom stereocenters. The first-order chi connectivity index (χ1) is 12.4. The highest BCUT2D eigenvalue weighted by atomic mass is 32.2. The molecule has 0 radical (unpaired) electrons. The lowest BCUT2D eigenvalue weighted by Gasteiger charge is -2.07. The van der Waals surface area contributed by atoms with E-state index in [1.807, 2.05) is 5.32 Å². The molecule has 1 fully saturated rings. The Labute approximate surface area is 153 Å². The number of nitrogens with one attached hydrogen (secondary N) is 2. The van der Waals surface area contributed by atoms with Gasteiger partial charge in [-0.3, -0.25) is 14.9 Å².